The molecule has 0 spiro atoms. The fourth-order valence-corrected chi connectivity index (χ4v) is 3.58. The first-order chi connectivity index (χ1) is 12.7. The van der Waals surface area contributed by atoms with Gasteiger partial charge in [-0.2, -0.15) is 0 Å². The highest BCUT2D eigenvalue weighted by atomic mass is 79.9. The predicted molar refractivity (Wildman–Crippen MR) is 105 cm³/mol. The summed E-state index contributed by atoms with van der Waals surface area (Å²) in [6.07, 6.45) is 3.62. The third kappa shape index (κ3) is 2.38. The number of H-pyrrole nitrogens is 3. The van der Waals surface area contributed by atoms with Crippen molar-refractivity contribution in [2.75, 3.05) is 0 Å². The molecule has 0 fully saturated rings. The Labute approximate surface area is 156 Å². The van der Waals surface area contributed by atoms with Crippen LogP contribution in [0.25, 0.3) is 33.1 Å². The molecule has 126 valence electrons. The minimum absolute atomic E-state index is 0.164. The SMILES string of the molecule is O=C(c1cc2ccc(Br)cc2[nH]1)c1ncc(-c2c[nH]c3ccccc23)[nH]1. The summed E-state index contributed by atoms with van der Waals surface area (Å²) in [4.78, 5) is 26.6. The molecule has 0 saturated carbocycles. The van der Waals surface area contributed by atoms with Crippen LogP contribution in [0.1, 0.15) is 16.3 Å². The zero-order valence-corrected chi connectivity index (χ0v) is 15.1. The number of aromatic amines is 3. The molecule has 0 radical (unpaired) electrons. The van der Waals surface area contributed by atoms with Gasteiger partial charge in [0.1, 0.15) is 0 Å². The van der Waals surface area contributed by atoms with Crippen molar-refractivity contribution in [2.24, 2.45) is 0 Å². The second-order valence-electron chi connectivity index (χ2n) is 6.14. The molecule has 3 heterocycles. The Hall–Kier alpha value is -3.12. The van der Waals surface area contributed by atoms with E-state index in [9.17, 15) is 4.79 Å². The number of hydrogen-bond acceptors (Lipinski definition) is 2. The Morgan fingerprint density at radius 1 is 1.00 bits per heavy atom. The van der Waals surface area contributed by atoms with E-state index in [1.165, 1.54) is 0 Å². The molecule has 0 aliphatic rings. The Bertz CT molecular complexity index is 1280. The number of carbonyl (C=O) groups is 1. The molecule has 26 heavy (non-hydrogen) atoms. The number of halogens is 1. The first kappa shape index (κ1) is 15.2. The number of rotatable bonds is 3. The number of benzene rings is 2. The van der Waals surface area contributed by atoms with Crippen molar-refractivity contribution >= 4 is 43.5 Å². The second-order valence-corrected chi connectivity index (χ2v) is 7.05. The maximum absolute atomic E-state index is 12.8. The lowest BCUT2D eigenvalue weighted by Gasteiger charge is -1.95. The molecule has 0 amide bonds. The number of nitrogens with one attached hydrogen (secondary N) is 3. The van der Waals surface area contributed by atoms with Crippen LogP contribution in [-0.4, -0.2) is 25.7 Å². The zero-order chi connectivity index (χ0) is 17.7. The molecule has 3 N–H and O–H groups in total. The van der Waals surface area contributed by atoms with Crippen molar-refractivity contribution in [2.45, 2.75) is 0 Å². The fourth-order valence-electron chi connectivity index (χ4n) is 3.22. The van der Waals surface area contributed by atoms with Gasteiger partial charge in [0.2, 0.25) is 5.78 Å². The largest absolute Gasteiger partial charge is 0.360 e. The van der Waals surface area contributed by atoms with Crippen LogP contribution in [0.15, 0.2) is 65.4 Å². The number of ketones is 1. The average Bonchev–Trinajstić information content (AvgIpc) is 3.37. The second kappa shape index (κ2) is 5.71. The van der Waals surface area contributed by atoms with Crippen LogP contribution in [-0.2, 0) is 0 Å². The summed E-state index contributed by atoms with van der Waals surface area (Å²) >= 11 is 3.44. The van der Waals surface area contributed by atoms with Crippen LogP contribution in [0.2, 0.25) is 0 Å². The summed E-state index contributed by atoms with van der Waals surface area (Å²) in [7, 11) is 0. The van der Waals surface area contributed by atoms with Gasteiger partial charge in [-0.15, -0.1) is 0 Å². The molecule has 0 aliphatic heterocycles. The number of carbonyl (C=O) groups excluding carboxylic acids is 1. The van der Waals surface area contributed by atoms with Crippen molar-refractivity contribution in [3.05, 3.63) is 76.9 Å². The molecule has 6 heteroatoms. The van der Waals surface area contributed by atoms with E-state index in [1.807, 2.05) is 54.7 Å². The zero-order valence-electron chi connectivity index (χ0n) is 13.5. The Balaban J connectivity index is 1.53. The molecule has 5 nitrogen and oxygen atoms in total. The predicted octanol–water partition coefficient (Wildman–Crippen LogP) is 5.03. The summed E-state index contributed by atoms with van der Waals surface area (Å²) < 4.78 is 0.963. The van der Waals surface area contributed by atoms with Crippen LogP contribution >= 0.6 is 15.9 Å². The van der Waals surface area contributed by atoms with Crippen LogP contribution in [0.4, 0.5) is 0 Å². The third-order valence-corrected chi connectivity index (χ3v) is 4.99. The number of imidazole rings is 1. The van der Waals surface area contributed by atoms with Crippen molar-refractivity contribution < 1.29 is 4.79 Å². The third-order valence-electron chi connectivity index (χ3n) is 4.50. The van der Waals surface area contributed by atoms with E-state index in [1.54, 1.807) is 6.20 Å². The number of fused-ring (bicyclic) bond motifs is 2. The van der Waals surface area contributed by atoms with Crippen molar-refractivity contribution in [3.63, 3.8) is 0 Å². The smallest absolute Gasteiger partial charge is 0.244 e. The molecule has 0 unspecified atom stereocenters. The number of hydrogen-bond donors (Lipinski definition) is 3. The monoisotopic (exact) mass is 404 g/mol. The van der Waals surface area contributed by atoms with E-state index >= 15 is 0 Å². The summed E-state index contributed by atoms with van der Waals surface area (Å²) in [6, 6.07) is 15.7. The van der Waals surface area contributed by atoms with Crippen molar-refractivity contribution in [1.29, 1.82) is 0 Å². The lowest BCUT2D eigenvalue weighted by atomic mass is 10.1. The van der Waals surface area contributed by atoms with Gasteiger partial charge in [-0.05, 0) is 24.3 Å². The molecule has 5 aromatic rings. The molecule has 0 saturated heterocycles. The Kier molecular flexibility index (Phi) is 3.33. The summed E-state index contributed by atoms with van der Waals surface area (Å²) in [5, 5.41) is 2.07. The number of aromatic nitrogens is 4. The minimum atomic E-state index is -0.164. The normalized spacial score (nSPS) is 11.4. The Morgan fingerprint density at radius 3 is 2.81 bits per heavy atom. The van der Waals surface area contributed by atoms with Gasteiger partial charge in [0.25, 0.3) is 0 Å². The van der Waals surface area contributed by atoms with E-state index in [0.717, 1.165) is 37.5 Å². The van der Waals surface area contributed by atoms with Gasteiger partial charge < -0.3 is 15.0 Å². The fraction of sp³-hybridized carbons (Fsp3) is 0. The first-order valence-electron chi connectivity index (χ1n) is 8.13. The molecule has 5 rings (SSSR count). The van der Waals surface area contributed by atoms with Crippen molar-refractivity contribution in [3.8, 4) is 11.3 Å². The van der Waals surface area contributed by atoms with E-state index in [2.05, 4.69) is 35.9 Å². The van der Waals surface area contributed by atoms with Crippen LogP contribution < -0.4 is 0 Å². The summed E-state index contributed by atoms with van der Waals surface area (Å²) in [5.41, 5.74) is 4.27. The van der Waals surface area contributed by atoms with E-state index in [4.69, 9.17) is 0 Å². The van der Waals surface area contributed by atoms with Gasteiger partial charge in [0.15, 0.2) is 5.82 Å². The lowest BCUT2D eigenvalue weighted by Crippen LogP contribution is -2.03. The van der Waals surface area contributed by atoms with Crippen LogP contribution in [0, 0.1) is 0 Å². The maximum atomic E-state index is 12.8. The molecular formula is C20H13BrN4O. The van der Waals surface area contributed by atoms with E-state index in [0.29, 0.717) is 11.5 Å². The van der Waals surface area contributed by atoms with Gasteiger partial charge in [-0.1, -0.05) is 40.2 Å². The lowest BCUT2D eigenvalue weighted by molar-refractivity contribution is 0.102. The topological polar surface area (TPSA) is 77.3 Å². The number of para-hydroxylation sites is 1. The molecule has 0 bridgehead atoms. The summed E-state index contributed by atoms with van der Waals surface area (Å²) in [5.74, 6) is 0.152. The van der Waals surface area contributed by atoms with Gasteiger partial charge in [-0.3, -0.25) is 4.79 Å². The average molecular weight is 405 g/mol. The molecule has 0 atom stereocenters. The van der Waals surface area contributed by atoms with Crippen molar-refractivity contribution in [1.82, 2.24) is 19.9 Å². The first-order valence-corrected chi connectivity index (χ1v) is 8.93. The molecular weight excluding hydrogens is 392 g/mol. The van der Waals surface area contributed by atoms with Crippen LogP contribution in [0.3, 0.4) is 0 Å². The van der Waals surface area contributed by atoms with Gasteiger partial charge in [-0.25, -0.2) is 4.98 Å². The van der Waals surface area contributed by atoms with Gasteiger partial charge >= 0.3 is 0 Å². The molecule has 2 aromatic carbocycles. The van der Waals surface area contributed by atoms with E-state index in [-0.39, 0.29) is 5.78 Å². The van der Waals surface area contributed by atoms with Gasteiger partial charge in [0, 0.05) is 38.0 Å². The van der Waals surface area contributed by atoms with Gasteiger partial charge in [0.05, 0.1) is 17.6 Å². The maximum Gasteiger partial charge on any atom is 0.244 e. The van der Waals surface area contributed by atoms with Crippen LogP contribution in [0.5, 0.6) is 0 Å². The number of nitrogens with zero attached hydrogens (tertiary/aromatic N) is 1. The summed E-state index contributed by atoms with van der Waals surface area (Å²) in [6.45, 7) is 0. The quantitative estimate of drug-likeness (QED) is 0.368. The Morgan fingerprint density at radius 2 is 1.88 bits per heavy atom. The van der Waals surface area contributed by atoms with E-state index < -0.39 is 0 Å². The minimum Gasteiger partial charge on any atom is -0.360 e. The highest BCUT2D eigenvalue weighted by Crippen LogP contribution is 2.27. The molecule has 3 aromatic heterocycles. The highest BCUT2D eigenvalue weighted by Gasteiger charge is 2.17. The molecule has 0 aliphatic carbocycles. The highest BCUT2D eigenvalue weighted by molar-refractivity contribution is 9.10. The standard InChI is InChI=1S/C20H13BrN4O/c21-12-6-5-11-7-17(24-16(11)8-12)19(26)20-23-10-18(25-20)14-9-22-15-4-2-1-3-13(14)15/h1-10,22,24H,(H,23,25).